The first kappa shape index (κ1) is 22.9. The molecule has 4 N–H and O–H groups in total. The highest BCUT2D eigenvalue weighted by Crippen LogP contribution is 2.08. The van der Waals surface area contributed by atoms with Gasteiger partial charge < -0.3 is 20.7 Å². The van der Waals surface area contributed by atoms with E-state index in [0.717, 1.165) is 5.56 Å². The largest absolute Gasteiger partial charge is 0.449 e. The molecule has 1 aromatic carbocycles. The number of imide groups is 1. The van der Waals surface area contributed by atoms with E-state index in [2.05, 4.69) is 21.3 Å². The van der Waals surface area contributed by atoms with Gasteiger partial charge in [-0.1, -0.05) is 12.1 Å². The van der Waals surface area contributed by atoms with E-state index in [-0.39, 0.29) is 23.7 Å². The van der Waals surface area contributed by atoms with E-state index in [0.29, 0.717) is 6.54 Å². The van der Waals surface area contributed by atoms with Crippen LogP contribution in [-0.2, 0) is 16.1 Å². The maximum absolute atomic E-state index is 12.1. The Hall–Kier alpha value is -3.10. The fourth-order valence-electron chi connectivity index (χ4n) is 2.05. The molecule has 9 heteroatoms. The first-order chi connectivity index (χ1) is 13.1. The molecule has 0 aromatic heterocycles. The number of ether oxygens (including phenoxy) is 1. The molecule has 0 saturated heterocycles. The van der Waals surface area contributed by atoms with E-state index in [1.807, 2.05) is 13.8 Å². The average molecular weight is 392 g/mol. The minimum atomic E-state index is -1.13. The molecular weight excluding hydrogens is 364 g/mol. The monoisotopic (exact) mass is 392 g/mol. The molecule has 28 heavy (non-hydrogen) atoms. The summed E-state index contributed by atoms with van der Waals surface area (Å²) < 4.78 is 5.08. The molecule has 0 heterocycles. The van der Waals surface area contributed by atoms with Crippen LogP contribution in [0.25, 0.3) is 0 Å². The van der Waals surface area contributed by atoms with E-state index in [4.69, 9.17) is 4.74 Å². The molecule has 1 atom stereocenters. The average Bonchev–Trinajstić information content (AvgIpc) is 2.58. The van der Waals surface area contributed by atoms with E-state index >= 15 is 0 Å². The molecule has 0 aliphatic carbocycles. The first-order valence-corrected chi connectivity index (χ1v) is 9.04. The zero-order valence-corrected chi connectivity index (χ0v) is 16.8. The summed E-state index contributed by atoms with van der Waals surface area (Å²) in [7, 11) is 0. The zero-order chi connectivity index (χ0) is 21.3. The van der Waals surface area contributed by atoms with Crippen LogP contribution in [0.4, 0.5) is 9.59 Å². The summed E-state index contributed by atoms with van der Waals surface area (Å²) in [4.78, 5) is 47.1. The van der Waals surface area contributed by atoms with Crippen molar-refractivity contribution in [1.82, 2.24) is 21.3 Å². The highest BCUT2D eigenvalue weighted by Gasteiger charge is 2.21. The molecule has 0 fully saturated rings. The summed E-state index contributed by atoms with van der Waals surface area (Å²) in [6, 6.07) is 5.40. The van der Waals surface area contributed by atoms with Crippen LogP contribution in [0, 0.1) is 0 Å². The fraction of sp³-hybridized carbons (Fsp3) is 0.474. The number of nitrogens with one attached hydrogen (secondary N) is 4. The summed E-state index contributed by atoms with van der Waals surface area (Å²) in [5.74, 6) is -1.41. The standard InChI is InChI=1S/C19H28N4O5/c1-11(2)21-18(26)20-10-14-6-8-15(9-7-14)17(25)28-13(5)16(24)23-19(27)22-12(3)4/h6-9,11-13H,10H2,1-5H3,(H2,20,21,26)(H2,22,23,24,27)/t13-/m1/s1. The Bertz CT molecular complexity index is 701. The van der Waals surface area contributed by atoms with Crippen molar-refractivity contribution in [3.63, 3.8) is 0 Å². The Morgan fingerprint density at radius 3 is 1.93 bits per heavy atom. The molecular formula is C19H28N4O5. The van der Waals surface area contributed by atoms with Gasteiger partial charge in [0.2, 0.25) is 0 Å². The number of urea groups is 2. The Morgan fingerprint density at radius 2 is 1.39 bits per heavy atom. The lowest BCUT2D eigenvalue weighted by Crippen LogP contribution is -2.46. The van der Waals surface area contributed by atoms with Gasteiger partial charge >= 0.3 is 18.0 Å². The van der Waals surface area contributed by atoms with Gasteiger partial charge in [-0.3, -0.25) is 10.1 Å². The van der Waals surface area contributed by atoms with E-state index in [9.17, 15) is 19.2 Å². The van der Waals surface area contributed by atoms with Gasteiger partial charge in [0.1, 0.15) is 0 Å². The smallest absolute Gasteiger partial charge is 0.338 e. The minimum Gasteiger partial charge on any atom is -0.449 e. The van der Waals surface area contributed by atoms with Crippen molar-refractivity contribution in [2.45, 2.75) is 59.4 Å². The van der Waals surface area contributed by atoms with Crippen molar-refractivity contribution in [1.29, 1.82) is 0 Å². The molecule has 0 unspecified atom stereocenters. The summed E-state index contributed by atoms with van der Waals surface area (Å²) in [5.41, 5.74) is 1.05. The topological polar surface area (TPSA) is 126 Å². The van der Waals surface area contributed by atoms with E-state index in [1.165, 1.54) is 19.1 Å². The van der Waals surface area contributed by atoms with Crippen molar-refractivity contribution in [2.75, 3.05) is 0 Å². The van der Waals surface area contributed by atoms with Gasteiger partial charge in [-0.15, -0.1) is 0 Å². The highest BCUT2D eigenvalue weighted by atomic mass is 16.5. The van der Waals surface area contributed by atoms with Gasteiger partial charge in [-0.25, -0.2) is 14.4 Å². The fourth-order valence-corrected chi connectivity index (χ4v) is 2.05. The van der Waals surface area contributed by atoms with Crippen LogP contribution in [0.2, 0.25) is 0 Å². The van der Waals surface area contributed by atoms with E-state index in [1.54, 1.807) is 26.0 Å². The maximum atomic E-state index is 12.1. The van der Waals surface area contributed by atoms with Gasteiger partial charge in [-0.2, -0.15) is 0 Å². The van der Waals surface area contributed by atoms with Crippen LogP contribution in [-0.4, -0.2) is 42.1 Å². The second-order valence-corrected chi connectivity index (χ2v) is 6.84. The number of esters is 1. The number of hydrogen-bond acceptors (Lipinski definition) is 5. The quantitative estimate of drug-likeness (QED) is 0.525. The number of hydrogen-bond donors (Lipinski definition) is 4. The van der Waals surface area contributed by atoms with Crippen molar-refractivity contribution in [3.8, 4) is 0 Å². The Kier molecular flexibility index (Phi) is 8.94. The Morgan fingerprint density at radius 1 is 0.857 bits per heavy atom. The Balaban J connectivity index is 2.52. The van der Waals surface area contributed by atoms with Crippen LogP contribution < -0.4 is 21.3 Å². The molecule has 0 aliphatic rings. The van der Waals surface area contributed by atoms with Gasteiger partial charge in [0.05, 0.1) is 5.56 Å². The highest BCUT2D eigenvalue weighted by molar-refractivity contribution is 5.98. The molecule has 1 aromatic rings. The van der Waals surface area contributed by atoms with Gasteiger partial charge in [-0.05, 0) is 52.3 Å². The predicted octanol–water partition coefficient (Wildman–Crippen LogP) is 1.67. The molecule has 9 nitrogen and oxygen atoms in total. The van der Waals surface area contributed by atoms with Crippen LogP contribution in [0.3, 0.4) is 0 Å². The molecule has 0 saturated carbocycles. The third-order valence-corrected chi connectivity index (χ3v) is 3.37. The molecule has 1 rings (SSSR count). The third kappa shape index (κ3) is 8.52. The molecule has 0 radical (unpaired) electrons. The number of carbonyl (C=O) groups is 4. The molecule has 0 bridgehead atoms. The summed E-state index contributed by atoms with van der Waals surface area (Å²) in [5, 5.41) is 10.0. The third-order valence-electron chi connectivity index (χ3n) is 3.37. The normalized spacial score (nSPS) is 11.5. The van der Waals surface area contributed by atoms with Gasteiger partial charge in [0.25, 0.3) is 5.91 Å². The predicted molar refractivity (Wildman–Crippen MR) is 104 cm³/mol. The van der Waals surface area contributed by atoms with Crippen molar-refractivity contribution in [2.24, 2.45) is 0 Å². The molecule has 5 amide bonds. The number of carbonyl (C=O) groups excluding carboxylic acids is 4. The number of rotatable bonds is 7. The van der Waals surface area contributed by atoms with E-state index < -0.39 is 24.0 Å². The summed E-state index contributed by atoms with van der Waals surface area (Å²) in [6.45, 7) is 8.90. The van der Waals surface area contributed by atoms with Crippen LogP contribution in [0.5, 0.6) is 0 Å². The van der Waals surface area contributed by atoms with Crippen LogP contribution in [0.15, 0.2) is 24.3 Å². The Labute approximate surface area is 164 Å². The van der Waals surface area contributed by atoms with Crippen LogP contribution in [0.1, 0.15) is 50.5 Å². The van der Waals surface area contributed by atoms with Gasteiger partial charge in [0.15, 0.2) is 6.10 Å². The lowest BCUT2D eigenvalue weighted by atomic mass is 10.1. The van der Waals surface area contributed by atoms with Crippen LogP contribution >= 0.6 is 0 Å². The van der Waals surface area contributed by atoms with Crippen molar-refractivity contribution in [3.05, 3.63) is 35.4 Å². The maximum Gasteiger partial charge on any atom is 0.338 e. The lowest BCUT2D eigenvalue weighted by molar-refractivity contribution is -0.127. The summed E-state index contributed by atoms with van der Waals surface area (Å²) in [6.07, 6.45) is -1.13. The molecule has 0 aliphatic heterocycles. The SMILES string of the molecule is CC(C)NC(=O)NCc1ccc(C(=O)O[C@H](C)C(=O)NC(=O)NC(C)C)cc1. The number of amides is 5. The second kappa shape index (κ2) is 10.9. The van der Waals surface area contributed by atoms with Crippen molar-refractivity contribution >= 4 is 23.9 Å². The lowest BCUT2D eigenvalue weighted by Gasteiger charge is -2.14. The second-order valence-electron chi connectivity index (χ2n) is 6.84. The van der Waals surface area contributed by atoms with Gasteiger partial charge in [0, 0.05) is 18.6 Å². The number of benzene rings is 1. The minimum absolute atomic E-state index is 0.0350. The molecule has 0 spiro atoms. The summed E-state index contributed by atoms with van der Waals surface area (Å²) >= 11 is 0. The van der Waals surface area contributed by atoms with Crippen molar-refractivity contribution < 1.29 is 23.9 Å². The first-order valence-electron chi connectivity index (χ1n) is 9.04. The molecule has 154 valence electrons. The zero-order valence-electron chi connectivity index (χ0n) is 16.8.